The standard InChI is InChI=1S/C25H30N4O2/c1-25(2,3)21-18-22(27-31-21)26-24(30)29-16-14-28(15-17-29)23(19-10-6-4-7-11-19)20-12-8-5-9-13-20/h4-13,18,23H,14-17H2,1-3H3,(H,26,27,30). The molecule has 2 heterocycles. The highest BCUT2D eigenvalue weighted by Crippen LogP contribution is 2.29. The largest absolute Gasteiger partial charge is 0.359 e. The first-order chi connectivity index (χ1) is 14.9. The summed E-state index contributed by atoms with van der Waals surface area (Å²) < 4.78 is 5.37. The summed E-state index contributed by atoms with van der Waals surface area (Å²) >= 11 is 0. The summed E-state index contributed by atoms with van der Waals surface area (Å²) in [6.45, 7) is 9.07. The van der Waals surface area contributed by atoms with Crippen molar-refractivity contribution in [3.05, 3.63) is 83.6 Å². The van der Waals surface area contributed by atoms with Crippen molar-refractivity contribution in [2.45, 2.75) is 32.2 Å². The summed E-state index contributed by atoms with van der Waals surface area (Å²) in [6, 6.07) is 23.0. The van der Waals surface area contributed by atoms with Crippen LogP contribution >= 0.6 is 0 Å². The van der Waals surface area contributed by atoms with Crippen LogP contribution < -0.4 is 5.32 Å². The Hall–Kier alpha value is -3.12. The number of carbonyl (C=O) groups excluding carboxylic acids is 1. The Morgan fingerprint density at radius 1 is 0.935 bits per heavy atom. The van der Waals surface area contributed by atoms with E-state index in [1.807, 2.05) is 37.8 Å². The van der Waals surface area contributed by atoms with E-state index in [4.69, 9.17) is 4.52 Å². The van der Waals surface area contributed by atoms with E-state index in [2.05, 4.69) is 63.9 Å². The Balaban J connectivity index is 1.42. The lowest BCUT2D eigenvalue weighted by Crippen LogP contribution is -2.51. The number of amides is 2. The quantitative estimate of drug-likeness (QED) is 0.654. The van der Waals surface area contributed by atoms with Crippen molar-refractivity contribution in [1.29, 1.82) is 0 Å². The average Bonchev–Trinajstić information content (AvgIpc) is 3.25. The van der Waals surface area contributed by atoms with Gasteiger partial charge in [-0.1, -0.05) is 86.6 Å². The maximum absolute atomic E-state index is 12.8. The van der Waals surface area contributed by atoms with Gasteiger partial charge in [-0.15, -0.1) is 0 Å². The Bertz CT molecular complexity index is 948. The molecule has 1 saturated heterocycles. The molecule has 0 saturated carbocycles. The smallest absolute Gasteiger partial charge is 0.323 e. The zero-order chi connectivity index (χ0) is 21.8. The number of nitrogens with one attached hydrogen (secondary N) is 1. The second-order valence-electron chi connectivity index (χ2n) is 9.00. The third-order valence-corrected chi connectivity index (χ3v) is 5.68. The lowest BCUT2D eigenvalue weighted by molar-refractivity contribution is 0.126. The molecule has 0 atom stereocenters. The molecule has 2 amide bonds. The summed E-state index contributed by atoms with van der Waals surface area (Å²) in [6.07, 6.45) is 0. The zero-order valence-corrected chi connectivity index (χ0v) is 18.4. The van der Waals surface area contributed by atoms with E-state index in [-0.39, 0.29) is 17.5 Å². The van der Waals surface area contributed by atoms with E-state index < -0.39 is 0 Å². The molecule has 0 aliphatic carbocycles. The van der Waals surface area contributed by atoms with Gasteiger partial charge >= 0.3 is 6.03 Å². The van der Waals surface area contributed by atoms with Crippen LogP contribution in [-0.2, 0) is 5.41 Å². The molecule has 162 valence electrons. The van der Waals surface area contributed by atoms with Gasteiger partial charge in [-0.25, -0.2) is 4.79 Å². The fraction of sp³-hybridized carbons (Fsp3) is 0.360. The number of urea groups is 1. The molecule has 1 fully saturated rings. The van der Waals surface area contributed by atoms with Crippen molar-refractivity contribution in [3.8, 4) is 0 Å². The molecule has 1 aliphatic heterocycles. The Morgan fingerprint density at radius 3 is 1.97 bits per heavy atom. The normalized spacial score (nSPS) is 15.3. The van der Waals surface area contributed by atoms with Crippen molar-refractivity contribution in [3.63, 3.8) is 0 Å². The van der Waals surface area contributed by atoms with E-state index >= 15 is 0 Å². The van der Waals surface area contributed by atoms with E-state index in [0.29, 0.717) is 18.9 Å². The van der Waals surface area contributed by atoms with Gasteiger partial charge in [-0.2, -0.15) is 0 Å². The van der Waals surface area contributed by atoms with Gasteiger partial charge in [-0.3, -0.25) is 10.2 Å². The van der Waals surface area contributed by atoms with Crippen LogP contribution in [0.2, 0.25) is 0 Å². The van der Waals surface area contributed by atoms with Gasteiger partial charge in [0.25, 0.3) is 0 Å². The molecule has 6 heteroatoms. The SMILES string of the molecule is CC(C)(C)c1cc(NC(=O)N2CCN(C(c3ccccc3)c3ccccc3)CC2)no1. The highest BCUT2D eigenvalue weighted by Gasteiger charge is 2.28. The third-order valence-electron chi connectivity index (χ3n) is 5.68. The molecule has 31 heavy (non-hydrogen) atoms. The molecule has 0 unspecified atom stereocenters. The lowest BCUT2D eigenvalue weighted by Gasteiger charge is -2.39. The predicted octanol–water partition coefficient (Wildman–Crippen LogP) is 4.91. The predicted molar refractivity (Wildman–Crippen MR) is 122 cm³/mol. The minimum atomic E-state index is -0.147. The van der Waals surface area contributed by atoms with Crippen LogP contribution in [0.4, 0.5) is 10.6 Å². The van der Waals surface area contributed by atoms with Gasteiger partial charge < -0.3 is 9.42 Å². The number of nitrogens with zero attached hydrogens (tertiary/aromatic N) is 3. The highest BCUT2D eigenvalue weighted by atomic mass is 16.5. The van der Waals surface area contributed by atoms with Crippen LogP contribution in [0, 0.1) is 0 Å². The molecule has 1 aliphatic rings. The van der Waals surface area contributed by atoms with Crippen molar-refractivity contribution in [2.75, 3.05) is 31.5 Å². The maximum Gasteiger partial charge on any atom is 0.323 e. The summed E-state index contributed by atoms with van der Waals surface area (Å²) in [5.74, 6) is 1.21. The van der Waals surface area contributed by atoms with Gasteiger partial charge in [-0.05, 0) is 11.1 Å². The fourth-order valence-corrected chi connectivity index (χ4v) is 3.94. The van der Waals surface area contributed by atoms with E-state index in [1.54, 1.807) is 6.07 Å². The molecule has 0 radical (unpaired) electrons. The molecule has 1 N–H and O–H groups in total. The summed E-state index contributed by atoms with van der Waals surface area (Å²) in [4.78, 5) is 17.0. The van der Waals surface area contributed by atoms with Crippen molar-refractivity contribution < 1.29 is 9.32 Å². The van der Waals surface area contributed by atoms with Crippen LogP contribution in [0.25, 0.3) is 0 Å². The van der Waals surface area contributed by atoms with Crippen LogP contribution in [0.5, 0.6) is 0 Å². The van der Waals surface area contributed by atoms with Gasteiger partial charge in [0.2, 0.25) is 0 Å². The minimum absolute atomic E-state index is 0.135. The van der Waals surface area contributed by atoms with Crippen LogP contribution in [0.15, 0.2) is 71.3 Å². The Morgan fingerprint density at radius 2 is 1.48 bits per heavy atom. The number of rotatable bonds is 4. The molecule has 6 nitrogen and oxygen atoms in total. The topological polar surface area (TPSA) is 61.6 Å². The number of hydrogen-bond donors (Lipinski definition) is 1. The molecule has 0 bridgehead atoms. The third kappa shape index (κ3) is 4.97. The van der Waals surface area contributed by atoms with Crippen molar-refractivity contribution in [2.24, 2.45) is 0 Å². The van der Waals surface area contributed by atoms with Crippen LogP contribution in [0.1, 0.15) is 43.7 Å². The monoisotopic (exact) mass is 418 g/mol. The fourth-order valence-electron chi connectivity index (χ4n) is 3.94. The number of benzene rings is 2. The molecule has 2 aromatic carbocycles. The van der Waals surface area contributed by atoms with E-state index in [0.717, 1.165) is 18.8 Å². The molecular weight excluding hydrogens is 388 g/mol. The second kappa shape index (κ2) is 8.94. The lowest BCUT2D eigenvalue weighted by atomic mass is 9.93. The van der Waals surface area contributed by atoms with Gasteiger partial charge in [0.15, 0.2) is 5.82 Å². The number of aromatic nitrogens is 1. The van der Waals surface area contributed by atoms with Crippen LogP contribution in [-0.4, -0.2) is 47.2 Å². The first-order valence-corrected chi connectivity index (χ1v) is 10.8. The first-order valence-electron chi connectivity index (χ1n) is 10.8. The molecule has 0 spiro atoms. The molecule has 1 aromatic heterocycles. The van der Waals surface area contributed by atoms with E-state index in [1.165, 1.54) is 11.1 Å². The molecule has 3 aromatic rings. The van der Waals surface area contributed by atoms with Gasteiger partial charge in [0.05, 0.1) is 6.04 Å². The number of hydrogen-bond acceptors (Lipinski definition) is 4. The van der Waals surface area contributed by atoms with Gasteiger partial charge in [0.1, 0.15) is 5.76 Å². The summed E-state index contributed by atoms with van der Waals surface area (Å²) in [7, 11) is 0. The molecular formula is C25H30N4O2. The van der Waals surface area contributed by atoms with Crippen molar-refractivity contribution >= 4 is 11.8 Å². The number of anilines is 1. The zero-order valence-electron chi connectivity index (χ0n) is 18.4. The van der Waals surface area contributed by atoms with Crippen LogP contribution in [0.3, 0.4) is 0 Å². The number of piperazine rings is 1. The Labute approximate surface area is 183 Å². The van der Waals surface area contributed by atoms with Crippen molar-refractivity contribution in [1.82, 2.24) is 15.0 Å². The number of carbonyl (C=O) groups is 1. The first kappa shape index (κ1) is 21.1. The summed E-state index contributed by atoms with van der Waals surface area (Å²) in [5.41, 5.74) is 2.39. The average molecular weight is 419 g/mol. The van der Waals surface area contributed by atoms with Gasteiger partial charge in [0, 0.05) is 37.7 Å². The maximum atomic E-state index is 12.8. The molecule has 4 rings (SSSR count). The van der Waals surface area contributed by atoms with E-state index in [9.17, 15) is 4.79 Å². The Kier molecular flexibility index (Phi) is 6.09. The minimum Gasteiger partial charge on any atom is -0.359 e. The summed E-state index contributed by atoms with van der Waals surface area (Å²) in [5, 5.41) is 6.87. The second-order valence-corrected chi connectivity index (χ2v) is 9.00. The highest BCUT2D eigenvalue weighted by molar-refractivity contribution is 5.88.